The van der Waals surface area contributed by atoms with E-state index in [4.69, 9.17) is 21.1 Å². The molecular weight excluding hydrogens is 314 g/mol. The van der Waals surface area contributed by atoms with Gasteiger partial charge in [-0.25, -0.2) is 0 Å². The van der Waals surface area contributed by atoms with Gasteiger partial charge in [0.2, 0.25) is 5.91 Å². The van der Waals surface area contributed by atoms with Crippen LogP contribution in [0.15, 0.2) is 48.5 Å². The van der Waals surface area contributed by atoms with Crippen molar-refractivity contribution in [3.8, 4) is 11.5 Å². The molecule has 120 valence electrons. The van der Waals surface area contributed by atoms with Gasteiger partial charge in [0, 0.05) is 11.8 Å². The van der Waals surface area contributed by atoms with Crippen LogP contribution in [0.5, 0.6) is 11.5 Å². The van der Waals surface area contributed by atoms with Crippen LogP contribution < -0.4 is 14.8 Å². The molecule has 0 aliphatic heterocycles. The molecule has 0 aliphatic carbocycles. The Morgan fingerprint density at radius 1 is 1.26 bits per heavy atom. The van der Waals surface area contributed by atoms with Gasteiger partial charge in [-0.1, -0.05) is 29.8 Å². The topological polar surface area (TPSA) is 47.6 Å². The van der Waals surface area contributed by atoms with Gasteiger partial charge in [-0.15, -0.1) is 0 Å². The number of benzene rings is 2. The minimum absolute atomic E-state index is 0.222. The fraction of sp³-hybridized carbons (Fsp3) is 0.167. The Bertz CT molecular complexity index is 699. The molecule has 23 heavy (non-hydrogen) atoms. The number of methoxy groups -OCH3 is 1. The number of halogens is 1. The SMILES string of the molecule is CCOc1c(Cl)cc(C=CC(=O)Nc2ccccc2)cc1OC. The van der Waals surface area contributed by atoms with Crippen LogP contribution in [0.25, 0.3) is 6.08 Å². The van der Waals surface area contributed by atoms with Crippen LogP contribution >= 0.6 is 11.6 Å². The molecule has 0 spiro atoms. The summed E-state index contributed by atoms with van der Waals surface area (Å²) < 4.78 is 10.7. The van der Waals surface area contributed by atoms with Gasteiger partial charge in [-0.3, -0.25) is 4.79 Å². The molecule has 0 radical (unpaired) electrons. The Morgan fingerprint density at radius 2 is 2.00 bits per heavy atom. The number of anilines is 1. The third-order valence-electron chi connectivity index (χ3n) is 3.01. The fourth-order valence-corrected chi connectivity index (χ4v) is 2.27. The number of carbonyl (C=O) groups excluding carboxylic acids is 1. The van der Waals surface area contributed by atoms with Gasteiger partial charge in [-0.05, 0) is 42.8 Å². The maximum atomic E-state index is 11.9. The Labute approximate surface area is 140 Å². The standard InChI is InChI=1S/C18H18ClNO3/c1-3-23-18-15(19)11-13(12-16(18)22-2)9-10-17(21)20-14-7-5-4-6-8-14/h4-12H,3H2,1-2H3,(H,20,21). The quantitative estimate of drug-likeness (QED) is 0.798. The molecule has 0 saturated carbocycles. The summed E-state index contributed by atoms with van der Waals surface area (Å²) in [6.45, 7) is 2.36. The lowest BCUT2D eigenvalue weighted by Crippen LogP contribution is -2.07. The van der Waals surface area contributed by atoms with Crippen LogP contribution in [-0.4, -0.2) is 19.6 Å². The van der Waals surface area contributed by atoms with Crippen molar-refractivity contribution in [1.29, 1.82) is 0 Å². The minimum Gasteiger partial charge on any atom is -0.493 e. The molecule has 2 aromatic rings. The van der Waals surface area contributed by atoms with Crippen molar-refractivity contribution in [2.75, 3.05) is 19.0 Å². The highest BCUT2D eigenvalue weighted by Crippen LogP contribution is 2.36. The molecule has 0 unspecified atom stereocenters. The summed E-state index contributed by atoms with van der Waals surface area (Å²) in [5, 5.41) is 3.21. The maximum Gasteiger partial charge on any atom is 0.248 e. The van der Waals surface area contributed by atoms with Crippen LogP contribution in [0.4, 0.5) is 5.69 Å². The molecular formula is C18H18ClNO3. The molecule has 5 heteroatoms. The van der Waals surface area contributed by atoms with Gasteiger partial charge in [0.1, 0.15) is 0 Å². The second kappa shape index (κ2) is 8.25. The van der Waals surface area contributed by atoms with Crippen molar-refractivity contribution in [2.24, 2.45) is 0 Å². The summed E-state index contributed by atoms with van der Waals surface area (Å²) >= 11 is 6.20. The number of hydrogen-bond acceptors (Lipinski definition) is 3. The van der Waals surface area contributed by atoms with Crippen LogP contribution in [0.3, 0.4) is 0 Å². The number of rotatable bonds is 6. The predicted molar refractivity (Wildman–Crippen MR) is 93.3 cm³/mol. The lowest BCUT2D eigenvalue weighted by Gasteiger charge is -2.11. The van der Waals surface area contributed by atoms with Crippen molar-refractivity contribution in [2.45, 2.75) is 6.92 Å². The van der Waals surface area contributed by atoms with Crippen molar-refractivity contribution in [3.63, 3.8) is 0 Å². The number of para-hydroxylation sites is 1. The number of nitrogens with one attached hydrogen (secondary N) is 1. The largest absolute Gasteiger partial charge is 0.493 e. The third-order valence-corrected chi connectivity index (χ3v) is 3.29. The zero-order chi connectivity index (χ0) is 16.7. The Balaban J connectivity index is 2.13. The average Bonchev–Trinajstić information content (AvgIpc) is 2.56. The first-order valence-corrected chi connectivity index (χ1v) is 7.56. The van der Waals surface area contributed by atoms with Crippen molar-refractivity contribution in [3.05, 3.63) is 59.1 Å². The normalized spacial score (nSPS) is 10.6. The number of ether oxygens (including phenoxy) is 2. The first-order chi connectivity index (χ1) is 11.1. The van der Waals surface area contributed by atoms with Crippen LogP contribution in [0.1, 0.15) is 12.5 Å². The highest BCUT2D eigenvalue weighted by molar-refractivity contribution is 6.32. The average molecular weight is 332 g/mol. The summed E-state index contributed by atoms with van der Waals surface area (Å²) in [7, 11) is 1.55. The minimum atomic E-state index is -0.222. The van der Waals surface area contributed by atoms with E-state index in [9.17, 15) is 4.79 Å². The van der Waals surface area contributed by atoms with Crippen LogP contribution in [0, 0.1) is 0 Å². The number of hydrogen-bond donors (Lipinski definition) is 1. The Kier molecular flexibility index (Phi) is 6.06. The summed E-state index contributed by atoms with van der Waals surface area (Å²) in [6.07, 6.45) is 3.11. The van der Waals surface area contributed by atoms with Gasteiger partial charge >= 0.3 is 0 Å². The van der Waals surface area contributed by atoms with E-state index >= 15 is 0 Å². The van der Waals surface area contributed by atoms with E-state index in [1.165, 1.54) is 6.08 Å². The molecule has 0 atom stereocenters. The lowest BCUT2D eigenvalue weighted by atomic mass is 10.2. The van der Waals surface area contributed by atoms with E-state index in [1.807, 2.05) is 37.3 Å². The molecule has 0 fully saturated rings. The first kappa shape index (κ1) is 16.9. The smallest absolute Gasteiger partial charge is 0.248 e. The Hall–Kier alpha value is -2.46. The molecule has 2 rings (SSSR count). The molecule has 0 aliphatic rings. The molecule has 0 heterocycles. The second-order valence-corrected chi connectivity index (χ2v) is 5.06. The maximum absolute atomic E-state index is 11.9. The predicted octanol–water partition coefficient (Wildman–Crippen LogP) is 4.40. The van der Waals surface area contributed by atoms with E-state index in [1.54, 1.807) is 25.3 Å². The third kappa shape index (κ3) is 4.76. The molecule has 2 aromatic carbocycles. The van der Waals surface area contributed by atoms with Crippen molar-refractivity contribution < 1.29 is 14.3 Å². The summed E-state index contributed by atoms with van der Waals surface area (Å²) in [4.78, 5) is 11.9. The van der Waals surface area contributed by atoms with E-state index in [2.05, 4.69) is 5.32 Å². The number of carbonyl (C=O) groups is 1. The van der Waals surface area contributed by atoms with Gasteiger partial charge in [0.25, 0.3) is 0 Å². The zero-order valence-electron chi connectivity index (χ0n) is 13.0. The van der Waals surface area contributed by atoms with Crippen LogP contribution in [-0.2, 0) is 4.79 Å². The van der Waals surface area contributed by atoms with Gasteiger partial charge in [0.05, 0.1) is 18.7 Å². The van der Waals surface area contributed by atoms with E-state index in [0.29, 0.717) is 23.1 Å². The second-order valence-electron chi connectivity index (χ2n) is 4.66. The molecule has 0 bridgehead atoms. The zero-order valence-corrected chi connectivity index (χ0v) is 13.8. The van der Waals surface area contributed by atoms with E-state index in [0.717, 1.165) is 11.3 Å². The molecule has 1 N–H and O–H groups in total. The Morgan fingerprint density at radius 3 is 2.65 bits per heavy atom. The molecule has 4 nitrogen and oxygen atoms in total. The number of amides is 1. The van der Waals surface area contributed by atoms with Gasteiger partial charge in [-0.2, -0.15) is 0 Å². The summed E-state index contributed by atoms with van der Waals surface area (Å²) in [5.74, 6) is 0.810. The lowest BCUT2D eigenvalue weighted by molar-refractivity contribution is -0.111. The van der Waals surface area contributed by atoms with Crippen LogP contribution in [0.2, 0.25) is 5.02 Å². The molecule has 0 saturated heterocycles. The highest BCUT2D eigenvalue weighted by atomic mass is 35.5. The van der Waals surface area contributed by atoms with E-state index in [-0.39, 0.29) is 5.91 Å². The summed E-state index contributed by atoms with van der Waals surface area (Å²) in [5.41, 5.74) is 1.49. The molecule has 0 aromatic heterocycles. The van der Waals surface area contributed by atoms with Gasteiger partial charge < -0.3 is 14.8 Å². The molecule has 1 amide bonds. The highest BCUT2D eigenvalue weighted by Gasteiger charge is 2.10. The monoisotopic (exact) mass is 331 g/mol. The fourth-order valence-electron chi connectivity index (χ4n) is 2.00. The van der Waals surface area contributed by atoms with Crippen molar-refractivity contribution in [1.82, 2.24) is 0 Å². The van der Waals surface area contributed by atoms with Gasteiger partial charge in [0.15, 0.2) is 11.5 Å². The van der Waals surface area contributed by atoms with E-state index < -0.39 is 0 Å². The first-order valence-electron chi connectivity index (χ1n) is 7.18. The van der Waals surface area contributed by atoms with Crippen molar-refractivity contribution >= 4 is 29.3 Å². The summed E-state index contributed by atoms with van der Waals surface area (Å²) in [6, 6.07) is 12.7.